The molecule has 2 aromatic rings. The number of aromatic nitrogens is 1. The summed E-state index contributed by atoms with van der Waals surface area (Å²) in [6, 6.07) is 8.28. The molecular formula is C38H50N4O3. The molecule has 5 aliphatic heterocycles. The normalized spacial score (nSPS) is 39.9. The van der Waals surface area contributed by atoms with Gasteiger partial charge < -0.3 is 19.7 Å². The van der Waals surface area contributed by atoms with Gasteiger partial charge in [-0.05, 0) is 107 Å². The summed E-state index contributed by atoms with van der Waals surface area (Å²) < 4.78 is 5.34. The second kappa shape index (κ2) is 11.8. The topological polar surface area (TPSA) is 80.8 Å². The molecule has 2 fully saturated rings. The van der Waals surface area contributed by atoms with E-state index >= 15 is 0 Å². The van der Waals surface area contributed by atoms with Gasteiger partial charge in [0.25, 0.3) is 0 Å². The molecule has 240 valence electrons. The number of esters is 1. The monoisotopic (exact) mass is 610 g/mol. The van der Waals surface area contributed by atoms with E-state index in [0.29, 0.717) is 24.8 Å². The molecule has 45 heavy (non-hydrogen) atoms. The van der Waals surface area contributed by atoms with Crippen molar-refractivity contribution in [3.63, 3.8) is 0 Å². The van der Waals surface area contributed by atoms with Crippen LogP contribution in [0.25, 0.3) is 10.9 Å². The molecule has 7 nitrogen and oxygen atoms in total. The lowest BCUT2D eigenvalue weighted by atomic mass is 9.54. The van der Waals surface area contributed by atoms with Crippen LogP contribution in [-0.2, 0) is 16.0 Å². The van der Waals surface area contributed by atoms with E-state index in [0.717, 1.165) is 69.5 Å². The van der Waals surface area contributed by atoms with Crippen LogP contribution >= 0.6 is 0 Å². The molecule has 3 bridgehead atoms. The Morgan fingerprint density at radius 2 is 1.84 bits per heavy atom. The molecular weight excluding hydrogens is 560 g/mol. The Hall–Kier alpha value is -2.71. The number of hydrogen-bond acceptors (Lipinski definition) is 6. The van der Waals surface area contributed by atoms with Gasteiger partial charge in [0.05, 0.1) is 24.8 Å². The van der Waals surface area contributed by atoms with Crippen molar-refractivity contribution in [3.8, 4) is 0 Å². The van der Waals surface area contributed by atoms with E-state index in [4.69, 9.17) is 4.74 Å². The van der Waals surface area contributed by atoms with Crippen LogP contribution in [0.15, 0.2) is 60.2 Å². The van der Waals surface area contributed by atoms with Crippen LogP contribution < -0.4 is 5.32 Å². The van der Waals surface area contributed by atoms with Crippen LogP contribution in [0.5, 0.6) is 0 Å². The van der Waals surface area contributed by atoms with Gasteiger partial charge in [0.1, 0.15) is 6.04 Å². The first-order chi connectivity index (χ1) is 22.0. The highest BCUT2D eigenvalue weighted by molar-refractivity contribution is 5.87. The maximum Gasteiger partial charge on any atom is 0.323 e. The van der Waals surface area contributed by atoms with Gasteiger partial charge in [-0.25, -0.2) is 0 Å². The number of hydrogen-bond donors (Lipinski definition) is 3. The molecule has 0 amide bonds. The number of aliphatic hydroxyl groups is 1. The minimum atomic E-state index is -0.971. The number of rotatable bonds is 2. The van der Waals surface area contributed by atoms with Gasteiger partial charge in [-0.3, -0.25) is 15.0 Å². The molecule has 6 heterocycles. The first kappa shape index (κ1) is 29.7. The smallest absolute Gasteiger partial charge is 0.323 e. The average molecular weight is 611 g/mol. The minimum absolute atomic E-state index is 0.0692. The van der Waals surface area contributed by atoms with Gasteiger partial charge in [0.2, 0.25) is 0 Å². The molecule has 1 spiro atoms. The molecule has 3 N–H and O–H groups in total. The number of nitrogens with one attached hydrogen (secondary N) is 2. The Balaban J connectivity index is 1.31. The van der Waals surface area contributed by atoms with Crippen LogP contribution in [0.4, 0.5) is 0 Å². The van der Waals surface area contributed by atoms with Crippen LogP contribution in [0, 0.1) is 11.3 Å². The van der Waals surface area contributed by atoms with E-state index in [1.165, 1.54) is 49.3 Å². The van der Waals surface area contributed by atoms with Gasteiger partial charge in [0, 0.05) is 41.0 Å². The number of carbonyl (C=O) groups excluding carboxylic acids is 1. The SMILES string of the molecule is COC(=O)[C@H]1Cc2c([nH]c3ccccc23)[C@@H](C2=C[C@@]3(O)CC/C=C\CCCCN4CC[C@@H]2[C@]2(C[C@@H]5/C=C\CCCCN5[C@H]23)C4)N1. The Labute approximate surface area is 267 Å². The number of aromatic amines is 1. The van der Waals surface area contributed by atoms with Crippen molar-refractivity contribution in [2.45, 2.75) is 100 Å². The van der Waals surface area contributed by atoms with Crippen molar-refractivity contribution >= 4 is 16.9 Å². The highest BCUT2D eigenvalue weighted by Gasteiger charge is 2.66. The highest BCUT2D eigenvalue weighted by atomic mass is 16.5. The number of piperidine rings is 1. The third kappa shape index (κ3) is 4.97. The van der Waals surface area contributed by atoms with Crippen molar-refractivity contribution in [2.75, 3.05) is 33.3 Å². The van der Waals surface area contributed by atoms with E-state index in [-0.39, 0.29) is 23.5 Å². The predicted molar refractivity (Wildman–Crippen MR) is 178 cm³/mol. The summed E-state index contributed by atoms with van der Waals surface area (Å²) in [5, 5.41) is 18.2. The van der Waals surface area contributed by atoms with Gasteiger partial charge in [-0.15, -0.1) is 0 Å². The number of benzene rings is 1. The fourth-order valence-electron chi connectivity index (χ4n) is 10.5. The standard InChI is InChI=1S/C38H50N4O3/c1-45-35(43)32-22-28-27-15-9-10-16-31(27)39-33(28)34(40-32)29-24-38(44)18-11-5-2-3-6-12-19-41-21-17-30(29)37(25-41)23-26-14-8-4-7-13-20-42(26)36(37)38/h2,5,8-10,14-16,24,26,30,32,34,36,39-40,44H,3-4,6-7,11-13,17-23,25H2,1H3/b5-2-,14-8-/t26-,30-,32+,34+,36+,37-,38-/m0/s1. The second-order valence-electron chi connectivity index (χ2n) is 14.8. The van der Waals surface area contributed by atoms with Crippen LogP contribution in [-0.4, -0.2) is 82.9 Å². The van der Waals surface area contributed by atoms with Crippen LogP contribution in [0.2, 0.25) is 0 Å². The Morgan fingerprint density at radius 3 is 2.73 bits per heavy atom. The van der Waals surface area contributed by atoms with Gasteiger partial charge in [0.15, 0.2) is 0 Å². The molecule has 8 rings (SSSR count). The predicted octanol–water partition coefficient (Wildman–Crippen LogP) is 5.58. The van der Waals surface area contributed by atoms with Gasteiger partial charge in [-0.1, -0.05) is 48.6 Å². The Morgan fingerprint density at radius 1 is 1.02 bits per heavy atom. The second-order valence-corrected chi connectivity index (χ2v) is 14.8. The maximum atomic E-state index is 13.2. The number of methoxy groups -OCH3 is 1. The van der Waals surface area contributed by atoms with Crippen molar-refractivity contribution in [1.82, 2.24) is 20.1 Å². The van der Waals surface area contributed by atoms with Crippen molar-refractivity contribution in [2.24, 2.45) is 11.3 Å². The Kier molecular flexibility index (Phi) is 7.80. The quantitative estimate of drug-likeness (QED) is 0.305. The van der Waals surface area contributed by atoms with E-state index in [2.05, 4.69) is 74.7 Å². The minimum Gasteiger partial charge on any atom is -0.468 e. The molecule has 7 heteroatoms. The average Bonchev–Trinajstić information content (AvgIpc) is 3.56. The molecule has 1 unspecified atom stereocenters. The summed E-state index contributed by atoms with van der Waals surface area (Å²) in [4.78, 5) is 22.4. The summed E-state index contributed by atoms with van der Waals surface area (Å²) in [7, 11) is 1.49. The van der Waals surface area contributed by atoms with Gasteiger partial charge >= 0.3 is 5.97 Å². The van der Waals surface area contributed by atoms with E-state index in [9.17, 15) is 9.90 Å². The summed E-state index contributed by atoms with van der Waals surface area (Å²) in [6.07, 6.45) is 23.3. The summed E-state index contributed by atoms with van der Waals surface area (Å²) in [6.45, 7) is 4.29. The Bertz CT molecular complexity index is 1530. The zero-order valence-corrected chi connectivity index (χ0v) is 26.8. The molecule has 1 aromatic heterocycles. The first-order valence-corrected chi connectivity index (χ1v) is 17.7. The number of para-hydroxylation sites is 1. The van der Waals surface area contributed by atoms with Crippen molar-refractivity contribution in [3.05, 3.63) is 71.5 Å². The molecule has 8 atom stereocenters. The van der Waals surface area contributed by atoms with E-state index in [1.807, 2.05) is 0 Å². The zero-order valence-electron chi connectivity index (χ0n) is 26.8. The third-order valence-corrected chi connectivity index (χ3v) is 12.2. The summed E-state index contributed by atoms with van der Waals surface area (Å²) in [5.74, 6) is 0.0960. The number of carbonyl (C=O) groups is 1. The van der Waals surface area contributed by atoms with E-state index < -0.39 is 11.6 Å². The molecule has 1 aliphatic carbocycles. The molecule has 2 saturated heterocycles. The molecule has 0 radical (unpaired) electrons. The maximum absolute atomic E-state index is 13.2. The summed E-state index contributed by atoms with van der Waals surface area (Å²) >= 11 is 0. The fourth-order valence-corrected chi connectivity index (χ4v) is 10.5. The first-order valence-electron chi connectivity index (χ1n) is 17.7. The summed E-state index contributed by atoms with van der Waals surface area (Å²) in [5.41, 5.74) is 3.71. The molecule has 1 aromatic carbocycles. The van der Waals surface area contributed by atoms with Crippen LogP contribution in [0.1, 0.15) is 81.5 Å². The lowest BCUT2D eigenvalue weighted by Crippen LogP contribution is -2.66. The number of allylic oxidation sites excluding steroid dienone is 3. The lowest BCUT2D eigenvalue weighted by molar-refractivity contribution is -0.143. The van der Waals surface area contributed by atoms with Crippen molar-refractivity contribution < 1.29 is 14.6 Å². The van der Waals surface area contributed by atoms with Crippen molar-refractivity contribution in [1.29, 1.82) is 0 Å². The lowest BCUT2D eigenvalue weighted by Gasteiger charge is -2.59. The number of nitrogens with zero attached hydrogens (tertiary/aromatic N) is 2. The fraction of sp³-hybridized carbons (Fsp3) is 0.605. The highest BCUT2D eigenvalue weighted by Crippen LogP contribution is 2.61. The number of fused-ring (bicyclic) bond motifs is 5. The largest absolute Gasteiger partial charge is 0.468 e. The third-order valence-electron chi connectivity index (χ3n) is 12.2. The zero-order chi connectivity index (χ0) is 30.6. The molecule has 6 aliphatic rings. The van der Waals surface area contributed by atoms with Gasteiger partial charge in [-0.2, -0.15) is 0 Å². The molecule has 0 saturated carbocycles. The van der Waals surface area contributed by atoms with Crippen LogP contribution in [0.3, 0.4) is 0 Å². The number of H-pyrrole nitrogens is 1. The number of ether oxygens (including phenoxy) is 1. The van der Waals surface area contributed by atoms with E-state index in [1.54, 1.807) is 0 Å².